The summed E-state index contributed by atoms with van der Waals surface area (Å²) in [6.45, 7) is 1.92. The van der Waals surface area contributed by atoms with Crippen LogP contribution in [0.4, 0.5) is 0 Å². The van der Waals surface area contributed by atoms with Crippen molar-refractivity contribution in [2.24, 2.45) is 0 Å². The van der Waals surface area contributed by atoms with Crippen molar-refractivity contribution < 1.29 is 17.9 Å². The highest BCUT2D eigenvalue weighted by Gasteiger charge is 2.28. The average Bonchev–Trinajstić information content (AvgIpc) is 2.61. The quantitative estimate of drug-likeness (QED) is 0.784. The first kappa shape index (κ1) is 13.3. The summed E-state index contributed by atoms with van der Waals surface area (Å²) < 4.78 is 28.6. The number of hydrogen-bond donors (Lipinski definition) is 0. The summed E-state index contributed by atoms with van der Waals surface area (Å²) in [7, 11) is -3.52. The molecule has 0 N–H and O–H groups in total. The standard InChI is InChI=1S/C13H11NO4S/c1-2-18-13(15)6-10-8-19(16,17)12-4-3-9(7-14)5-11(10)12/h3-5,8H,2,6H2,1H3. The number of esters is 1. The van der Waals surface area contributed by atoms with Crippen LogP contribution in [-0.4, -0.2) is 21.0 Å². The van der Waals surface area contributed by atoms with Crippen molar-refractivity contribution in [3.8, 4) is 6.07 Å². The van der Waals surface area contributed by atoms with E-state index in [0.29, 0.717) is 16.7 Å². The highest BCUT2D eigenvalue weighted by molar-refractivity contribution is 7.95. The fourth-order valence-electron chi connectivity index (χ4n) is 1.92. The van der Waals surface area contributed by atoms with Gasteiger partial charge in [-0.1, -0.05) is 0 Å². The van der Waals surface area contributed by atoms with Crippen LogP contribution in [0, 0.1) is 11.3 Å². The number of nitriles is 1. The van der Waals surface area contributed by atoms with Gasteiger partial charge in [0.1, 0.15) is 0 Å². The minimum atomic E-state index is -3.52. The molecule has 1 aliphatic heterocycles. The molecule has 0 fully saturated rings. The third-order valence-electron chi connectivity index (χ3n) is 2.70. The van der Waals surface area contributed by atoms with Gasteiger partial charge in [-0.25, -0.2) is 8.42 Å². The molecule has 0 radical (unpaired) electrons. The Morgan fingerprint density at radius 2 is 2.16 bits per heavy atom. The summed E-state index contributed by atoms with van der Waals surface area (Å²) in [6.07, 6.45) is -0.116. The second-order valence-electron chi connectivity index (χ2n) is 3.99. The number of benzene rings is 1. The van der Waals surface area contributed by atoms with Crippen molar-refractivity contribution in [1.29, 1.82) is 5.26 Å². The van der Waals surface area contributed by atoms with Gasteiger partial charge in [-0.2, -0.15) is 5.26 Å². The van der Waals surface area contributed by atoms with E-state index >= 15 is 0 Å². The van der Waals surface area contributed by atoms with E-state index in [-0.39, 0.29) is 17.9 Å². The normalized spacial score (nSPS) is 15.3. The summed E-state index contributed by atoms with van der Waals surface area (Å²) in [5, 5.41) is 9.91. The summed E-state index contributed by atoms with van der Waals surface area (Å²) in [6, 6.07) is 6.25. The van der Waals surface area contributed by atoms with Crippen molar-refractivity contribution in [2.75, 3.05) is 6.61 Å². The monoisotopic (exact) mass is 277 g/mol. The largest absolute Gasteiger partial charge is 0.466 e. The topological polar surface area (TPSA) is 84.2 Å². The van der Waals surface area contributed by atoms with Crippen LogP contribution < -0.4 is 0 Å². The van der Waals surface area contributed by atoms with Crippen LogP contribution in [0.25, 0.3) is 5.57 Å². The van der Waals surface area contributed by atoms with Crippen LogP contribution in [-0.2, 0) is 19.4 Å². The van der Waals surface area contributed by atoms with E-state index in [4.69, 9.17) is 10.00 Å². The van der Waals surface area contributed by atoms with Crippen LogP contribution in [0.15, 0.2) is 28.5 Å². The summed E-state index contributed by atoms with van der Waals surface area (Å²) in [4.78, 5) is 11.6. The predicted octanol–water partition coefficient (Wildman–Crippen LogP) is 1.64. The van der Waals surface area contributed by atoms with Gasteiger partial charge in [-0.05, 0) is 36.3 Å². The Morgan fingerprint density at radius 1 is 1.42 bits per heavy atom. The summed E-state index contributed by atoms with van der Waals surface area (Å²) in [5.74, 6) is -0.487. The first-order chi connectivity index (χ1) is 8.97. The van der Waals surface area contributed by atoms with Crippen LogP contribution in [0.1, 0.15) is 24.5 Å². The predicted molar refractivity (Wildman–Crippen MR) is 67.6 cm³/mol. The summed E-state index contributed by atoms with van der Waals surface area (Å²) in [5.41, 5.74) is 1.13. The second kappa shape index (κ2) is 4.86. The molecule has 0 aromatic heterocycles. The molecule has 19 heavy (non-hydrogen) atoms. The number of rotatable bonds is 3. The molecule has 1 aromatic carbocycles. The van der Waals surface area contributed by atoms with Crippen molar-refractivity contribution in [2.45, 2.75) is 18.2 Å². The maximum atomic E-state index is 11.9. The number of sulfone groups is 1. The minimum absolute atomic E-state index is 0.116. The zero-order valence-electron chi connectivity index (χ0n) is 10.2. The van der Waals surface area contributed by atoms with E-state index < -0.39 is 15.8 Å². The molecule has 0 saturated heterocycles. The third-order valence-corrected chi connectivity index (χ3v) is 4.26. The van der Waals surface area contributed by atoms with Gasteiger partial charge >= 0.3 is 5.97 Å². The first-order valence-electron chi connectivity index (χ1n) is 5.63. The Hall–Kier alpha value is -2.13. The van der Waals surface area contributed by atoms with Crippen LogP contribution in [0.3, 0.4) is 0 Å². The van der Waals surface area contributed by atoms with E-state index in [1.165, 1.54) is 18.2 Å². The molecule has 0 unspecified atom stereocenters. The molecule has 5 nitrogen and oxygen atoms in total. The molecule has 0 amide bonds. The van der Waals surface area contributed by atoms with Gasteiger partial charge in [0.25, 0.3) is 0 Å². The SMILES string of the molecule is CCOC(=O)CC1=CS(=O)(=O)c2ccc(C#N)cc21. The van der Waals surface area contributed by atoms with Crippen LogP contribution in [0.2, 0.25) is 0 Å². The van der Waals surface area contributed by atoms with Gasteiger partial charge in [0, 0.05) is 5.41 Å². The lowest BCUT2D eigenvalue weighted by Crippen LogP contribution is -2.04. The number of carbonyl (C=O) groups is 1. The Bertz CT molecular complexity index is 711. The van der Waals surface area contributed by atoms with Crippen molar-refractivity contribution >= 4 is 21.4 Å². The molecule has 0 spiro atoms. The lowest BCUT2D eigenvalue weighted by Gasteiger charge is -2.04. The highest BCUT2D eigenvalue weighted by Crippen LogP contribution is 2.35. The maximum Gasteiger partial charge on any atom is 0.310 e. The van der Waals surface area contributed by atoms with Crippen LogP contribution >= 0.6 is 0 Å². The average molecular weight is 277 g/mol. The molecule has 6 heteroatoms. The fourth-order valence-corrected chi connectivity index (χ4v) is 3.38. The molecule has 98 valence electrons. The molecule has 0 atom stereocenters. The second-order valence-corrected chi connectivity index (χ2v) is 5.76. The van der Waals surface area contributed by atoms with Gasteiger partial charge in [0.15, 0.2) is 0 Å². The summed E-state index contributed by atoms with van der Waals surface area (Å²) >= 11 is 0. The molecule has 1 aromatic rings. The lowest BCUT2D eigenvalue weighted by atomic mass is 10.0. The van der Waals surface area contributed by atoms with Gasteiger partial charge < -0.3 is 4.74 Å². The fraction of sp³-hybridized carbons (Fsp3) is 0.231. The van der Waals surface area contributed by atoms with E-state index in [1.807, 2.05) is 6.07 Å². The van der Waals surface area contributed by atoms with Gasteiger partial charge in [0.05, 0.1) is 29.6 Å². The Labute approximate surface area is 111 Å². The molecule has 1 heterocycles. The van der Waals surface area contributed by atoms with E-state index in [1.54, 1.807) is 6.92 Å². The maximum absolute atomic E-state index is 11.9. The smallest absolute Gasteiger partial charge is 0.310 e. The molecule has 1 aliphatic rings. The van der Waals surface area contributed by atoms with E-state index in [2.05, 4.69) is 0 Å². The zero-order valence-corrected chi connectivity index (χ0v) is 11.0. The van der Waals surface area contributed by atoms with E-state index in [9.17, 15) is 13.2 Å². The molecule has 2 rings (SSSR count). The highest BCUT2D eigenvalue weighted by atomic mass is 32.2. The number of carbonyl (C=O) groups excluding carboxylic acids is 1. The van der Waals surface area contributed by atoms with Crippen molar-refractivity contribution in [3.05, 3.63) is 34.7 Å². The molecule has 0 saturated carbocycles. The van der Waals surface area contributed by atoms with Crippen LogP contribution in [0.5, 0.6) is 0 Å². The minimum Gasteiger partial charge on any atom is -0.466 e. The molecule has 0 aliphatic carbocycles. The molecular formula is C13H11NO4S. The Kier molecular flexibility index (Phi) is 3.40. The van der Waals surface area contributed by atoms with Crippen molar-refractivity contribution in [1.82, 2.24) is 0 Å². The molecule has 0 bridgehead atoms. The number of hydrogen-bond acceptors (Lipinski definition) is 5. The lowest BCUT2D eigenvalue weighted by molar-refractivity contribution is -0.141. The molecular weight excluding hydrogens is 266 g/mol. The first-order valence-corrected chi connectivity index (χ1v) is 7.18. The Morgan fingerprint density at radius 3 is 2.79 bits per heavy atom. The number of ether oxygens (including phenoxy) is 1. The third kappa shape index (κ3) is 2.51. The van der Waals surface area contributed by atoms with E-state index in [0.717, 1.165) is 5.41 Å². The van der Waals surface area contributed by atoms with Gasteiger partial charge in [0.2, 0.25) is 9.84 Å². The number of fused-ring (bicyclic) bond motifs is 1. The van der Waals surface area contributed by atoms with Crippen molar-refractivity contribution in [3.63, 3.8) is 0 Å². The van der Waals surface area contributed by atoms with Gasteiger partial charge in [-0.15, -0.1) is 0 Å². The zero-order chi connectivity index (χ0) is 14.0. The Balaban J connectivity index is 2.44. The van der Waals surface area contributed by atoms with Gasteiger partial charge in [-0.3, -0.25) is 4.79 Å². The number of nitrogens with zero attached hydrogens (tertiary/aromatic N) is 1.